The van der Waals surface area contributed by atoms with Crippen LogP contribution >= 0.6 is 0 Å². The Labute approximate surface area is 91.9 Å². The number of aromatic amines is 1. The van der Waals surface area contributed by atoms with E-state index in [9.17, 15) is 9.59 Å². The summed E-state index contributed by atoms with van der Waals surface area (Å²) in [6.45, 7) is 1.51. The Morgan fingerprint density at radius 3 is 2.75 bits per heavy atom. The lowest BCUT2D eigenvalue weighted by Gasteiger charge is -1.99. The number of hydrogen-bond donors (Lipinski definition) is 2. The first-order chi connectivity index (χ1) is 7.58. The molecule has 4 nitrogen and oxygen atoms in total. The number of fused-ring (bicyclic) bond motifs is 1. The van der Waals surface area contributed by atoms with Gasteiger partial charge in [0.2, 0.25) is 0 Å². The predicted molar refractivity (Wildman–Crippen MR) is 59.6 cm³/mol. The number of carbonyl (C=O) groups excluding carboxylic acids is 1. The Balaban J connectivity index is 2.54. The second-order valence-electron chi connectivity index (χ2n) is 3.77. The number of rotatable bonds is 3. The van der Waals surface area contributed by atoms with Gasteiger partial charge in [0.1, 0.15) is 5.78 Å². The highest BCUT2D eigenvalue weighted by molar-refractivity contribution is 6.03. The number of aromatic carboxylic acids is 1. The van der Waals surface area contributed by atoms with Crippen molar-refractivity contribution in [3.8, 4) is 0 Å². The fraction of sp³-hybridized carbons (Fsp3) is 0.167. The van der Waals surface area contributed by atoms with Crippen molar-refractivity contribution in [2.45, 2.75) is 13.3 Å². The number of carboxylic acids is 1. The van der Waals surface area contributed by atoms with Crippen LogP contribution in [0.5, 0.6) is 0 Å². The maximum absolute atomic E-state index is 11.0. The van der Waals surface area contributed by atoms with Crippen LogP contribution in [0.1, 0.15) is 22.8 Å². The molecule has 0 radical (unpaired) electrons. The van der Waals surface area contributed by atoms with Gasteiger partial charge in [0.15, 0.2) is 0 Å². The summed E-state index contributed by atoms with van der Waals surface area (Å²) in [6.07, 6.45) is 1.80. The van der Waals surface area contributed by atoms with Gasteiger partial charge < -0.3 is 10.1 Å². The molecule has 2 N–H and O–H groups in total. The summed E-state index contributed by atoms with van der Waals surface area (Å²) in [4.78, 5) is 24.8. The Hall–Kier alpha value is -2.10. The van der Waals surface area contributed by atoms with Gasteiger partial charge in [0, 0.05) is 23.5 Å². The summed E-state index contributed by atoms with van der Waals surface area (Å²) in [5, 5.41) is 9.60. The molecule has 0 aliphatic rings. The number of nitrogens with one attached hydrogen (secondary N) is 1. The van der Waals surface area contributed by atoms with Gasteiger partial charge in [-0.25, -0.2) is 4.79 Å². The zero-order valence-corrected chi connectivity index (χ0v) is 8.78. The second-order valence-corrected chi connectivity index (χ2v) is 3.77. The zero-order valence-electron chi connectivity index (χ0n) is 8.78. The molecule has 0 unspecified atom stereocenters. The third-order valence-corrected chi connectivity index (χ3v) is 2.43. The van der Waals surface area contributed by atoms with Crippen molar-refractivity contribution in [2.24, 2.45) is 0 Å². The fourth-order valence-electron chi connectivity index (χ4n) is 1.74. The molecule has 0 aliphatic carbocycles. The van der Waals surface area contributed by atoms with E-state index in [1.165, 1.54) is 13.1 Å². The number of benzene rings is 1. The summed E-state index contributed by atoms with van der Waals surface area (Å²) in [5.41, 5.74) is 1.84. The molecule has 0 fully saturated rings. The molecule has 2 rings (SSSR count). The van der Waals surface area contributed by atoms with Crippen LogP contribution in [0.2, 0.25) is 0 Å². The van der Waals surface area contributed by atoms with E-state index >= 15 is 0 Å². The average molecular weight is 217 g/mol. The van der Waals surface area contributed by atoms with Crippen LogP contribution in [0.15, 0.2) is 24.4 Å². The van der Waals surface area contributed by atoms with Gasteiger partial charge in [-0.1, -0.05) is 6.07 Å². The number of H-pyrrole nitrogens is 1. The van der Waals surface area contributed by atoms with Gasteiger partial charge in [0.25, 0.3) is 0 Å². The lowest BCUT2D eigenvalue weighted by atomic mass is 10.1. The highest BCUT2D eigenvalue weighted by atomic mass is 16.4. The molecule has 1 heterocycles. The van der Waals surface area contributed by atoms with Crippen molar-refractivity contribution >= 4 is 22.7 Å². The number of carbonyl (C=O) groups is 2. The molecule has 0 spiro atoms. The van der Waals surface area contributed by atoms with E-state index in [2.05, 4.69) is 4.98 Å². The van der Waals surface area contributed by atoms with Crippen molar-refractivity contribution in [1.82, 2.24) is 4.98 Å². The number of aromatic nitrogens is 1. The third-order valence-electron chi connectivity index (χ3n) is 2.43. The molecule has 82 valence electrons. The normalized spacial score (nSPS) is 10.6. The quantitative estimate of drug-likeness (QED) is 0.826. The Morgan fingerprint density at radius 1 is 1.38 bits per heavy atom. The Bertz CT molecular complexity index is 569. The van der Waals surface area contributed by atoms with Crippen LogP contribution in [0.25, 0.3) is 10.9 Å². The first-order valence-electron chi connectivity index (χ1n) is 4.90. The number of hydrogen-bond acceptors (Lipinski definition) is 2. The average Bonchev–Trinajstić information content (AvgIpc) is 2.59. The van der Waals surface area contributed by atoms with Crippen LogP contribution in [-0.4, -0.2) is 21.8 Å². The molecule has 2 aromatic rings. The first-order valence-corrected chi connectivity index (χ1v) is 4.90. The highest BCUT2D eigenvalue weighted by Gasteiger charge is 2.10. The molecular formula is C12H11NO3. The largest absolute Gasteiger partial charge is 0.478 e. The molecule has 0 atom stereocenters. The predicted octanol–water partition coefficient (Wildman–Crippen LogP) is 2.00. The van der Waals surface area contributed by atoms with Crippen LogP contribution in [0, 0.1) is 0 Å². The van der Waals surface area contributed by atoms with Crippen LogP contribution in [0.3, 0.4) is 0 Å². The summed E-state index contributed by atoms with van der Waals surface area (Å²) in [7, 11) is 0. The molecule has 0 bridgehead atoms. The van der Waals surface area contributed by atoms with Crippen molar-refractivity contribution in [3.05, 3.63) is 35.5 Å². The molecule has 0 amide bonds. The van der Waals surface area contributed by atoms with Gasteiger partial charge in [-0.05, 0) is 24.6 Å². The van der Waals surface area contributed by atoms with Crippen molar-refractivity contribution in [3.63, 3.8) is 0 Å². The molecule has 0 saturated carbocycles. The van der Waals surface area contributed by atoms with Crippen molar-refractivity contribution in [1.29, 1.82) is 0 Å². The monoisotopic (exact) mass is 217 g/mol. The standard InChI is InChI=1S/C12H11NO3/c1-7(14)4-8-2-3-11-9(5-8)10(6-13-11)12(15)16/h2-3,5-6,13H,4H2,1H3,(H,15,16). The van der Waals surface area contributed by atoms with E-state index in [-0.39, 0.29) is 11.3 Å². The van der Waals surface area contributed by atoms with Gasteiger partial charge in [-0.15, -0.1) is 0 Å². The van der Waals surface area contributed by atoms with E-state index in [1.807, 2.05) is 6.07 Å². The molecular weight excluding hydrogens is 206 g/mol. The third kappa shape index (κ3) is 1.82. The molecule has 16 heavy (non-hydrogen) atoms. The smallest absolute Gasteiger partial charge is 0.337 e. The van der Waals surface area contributed by atoms with Gasteiger partial charge in [0.05, 0.1) is 5.56 Å². The lowest BCUT2D eigenvalue weighted by molar-refractivity contribution is -0.116. The second kappa shape index (κ2) is 3.81. The van der Waals surface area contributed by atoms with E-state index in [1.54, 1.807) is 12.1 Å². The lowest BCUT2D eigenvalue weighted by Crippen LogP contribution is -1.97. The number of carboxylic acid groups (broad SMARTS) is 1. The maximum Gasteiger partial charge on any atom is 0.337 e. The van der Waals surface area contributed by atoms with Gasteiger partial charge in [-0.3, -0.25) is 4.79 Å². The summed E-state index contributed by atoms with van der Waals surface area (Å²) in [5.74, 6) is -0.905. The van der Waals surface area contributed by atoms with Gasteiger partial charge >= 0.3 is 5.97 Å². The van der Waals surface area contributed by atoms with E-state index in [4.69, 9.17) is 5.11 Å². The first kappa shape index (κ1) is 10.4. The molecule has 0 saturated heterocycles. The SMILES string of the molecule is CC(=O)Cc1ccc2[nH]cc(C(=O)O)c2c1. The molecule has 1 aromatic heterocycles. The summed E-state index contributed by atoms with van der Waals surface area (Å²) >= 11 is 0. The van der Waals surface area contributed by atoms with Crippen LogP contribution < -0.4 is 0 Å². The maximum atomic E-state index is 11.0. The molecule has 1 aromatic carbocycles. The molecule has 0 aliphatic heterocycles. The summed E-state index contributed by atoms with van der Waals surface area (Å²) in [6, 6.07) is 5.36. The van der Waals surface area contributed by atoms with Crippen molar-refractivity contribution < 1.29 is 14.7 Å². The minimum Gasteiger partial charge on any atom is -0.478 e. The Morgan fingerprint density at radius 2 is 2.12 bits per heavy atom. The van der Waals surface area contributed by atoms with Gasteiger partial charge in [-0.2, -0.15) is 0 Å². The number of ketones is 1. The van der Waals surface area contributed by atoms with E-state index in [0.29, 0.717) is 11.8 Å². The summed E-state index contributed by atoms with van der Waals surface area (Å²) < 4.78 is 0. The number of Topliss-reactive ketones (excluding diaryl/α,β-unsaturated/α-hetero) is 1. The Kier molecular flexibility index (Phi) is 2.48. The fourth-order valence-corrected chi connectivity index (χ4v) is 1.74. The zero-order chi connectivity index (χ0) is 11.7. The van der Waals surface area contributed by atoms with Crippen molar-refractivity contribution in [2.75, 3.05) is 0 Å². The molecule has 4 heteroatoms. The van der Waals surface area contributed by atoms with Crippen LogP contribution in [0.4, 0.5) is 0 Å². The minimum atomic E-state index is -0.966. The van der Waals surface area contributed by atoms with E-state index in [0.717, 1.165) is 11.1 Å². The highest BCUT2D eigenvalue weighted by Crippen LogP contribution is 2.20. The minimum absolute atomic E-state index is 0.0618. The topological polar surface area (TPSA) is 70.2 Å². The van der Waals surface area contributed by atoms with E-state index < -0.39 is 5.97 Å². The van der Waals surface area contributed by atoms with Crippen LogP contribution in [-0.2, 0) is 11.2 Å².